The van der Waals surface area contributed by atoms with Crippen LogP contribution in [-0.2, 0) is 6.54 Å². The summed E-state index contributed by atoms with van der Waals surface area (Å²) in [5, 5.41) is 4.21. The lowest BCUT2D eigenvalue weighted by Gasteiger charge is -2.09. The Morgan fingerprint density at radius 2 is 1.88 bits per heavy atom. The van der Waals surface area contributed by atoms with Crippen LogP contribution in [-0.4, -0.2) is 20.1 Å². The van der Waals surface area contributed by atoms with E-state index < -0.39 is 0 Å². The summed E-state index contributed by atoms with van der Waals surface area (Å²) in [5.74, 6) is 1.20. The van der Waals surface area contributed by atoms with Crippen molar-refractivity contribution in [1.29, 1.82) is 0 Å². The van der Waals surface area contributed by atoms with E-state index in [0.717, 1.165) is 10.9 Å². The van der Waals surface area contributed by atoms with E-state index in [1.165, 1.54) is 0 Å². The van der Waals surface area contributed by atoms with Gasteiger partial charge in [0.2, 0.25) is 0 Å². The Labute approximate surface area is 144 Å². The molecular formula is C18H16ClNO4. The first-order valence-electron chi connectivity index (χ1n) is 7.29. The molecule has 0 unspecified atom stereocenters. The maximum atomic E-state index is 12.3. The molecule has 2 aromatic carbocycles. The van der Waals surface area contributed by atoms with E-state index in [4.69, 9.17) is 25.5 Å². The highest BCUT2D eigenvalue weighted by Gasteiger charge is 2.13. The monoisotopic (exact) mass is 345 g/mol. The minimum atomic E-state index is -0.294. The molecule has 3 rings (SSSR count). The van der Waals surface area contributed by atoms with Crippen LogP contribution in [0.2, 0.25) is 5.02 Å². The number of fused-ring (bicyclic) bond motifs is 1. The first kappa shape index (κ1) is 16.2. The van der Waals surface area contributed by atoms with Crippen molar-refractivity contribution in [2.75, 3.05) is 14.2 Å². The number of furan rings is 1. The molecule has 1 amide bonds. The van der Waals surface area contributed by atoms with Crippen LogP contribution in [0.3, 0.4) is 0 Å². The molecule has 0 aliphatic rings. The fourth-order valence-corrected chi connectivity index (χ4v) is 2.57. The highest BCUT2D eigenvalue weighted by atomic mass is 35.5. The molecule has 0 saturated heterocycles. The molecule has 1 heterocycles. The standard InChI is InChI=1S/C18H16ClNO4/c1-22-15-5-3-11(7-16(15)23-2)10-20-18(21)17-9-12-8-13(19)4-6-14(12)24-17/h3-9H,10H2,1-2H3,(H,20,21). The molecule has 1 N–H and O–H groups in total. The van der Waals surface area contributed by atoms with Gasteiger partial charge in [0.25, 0.3) is 5.91 Å². The quantitative estimate of drug-likeness (QED) is 0.758. The van der Waals surface area contributed by atoms with Crippen LogP contribution in [0.25, 0.3) is 11.0 Å². The first-order valence-corrected chi connectivity index (χ1v) is 7.66. The van der Waals surface area contributed by atoms with Crippen molar-refractivity contribution < 1.29 is 18.7 Å². The Morgan fingerprint density at radius 3 is 2.62 bits per heavy atom. The average molecular weight is 346 g/mol. The molecular weight excluding hydrogens is 330 g/mol. The van der Waals surface area contributed by atoms with Gasteiger partial charge in [-0.3, -0.25) is 4.79 Å². The Bertz CT molecular complexity index is 888. The number of nitrogens with one attached hydrogen (secondary N) is 1. The summed E-state index contributed by atoms with van der Waals surface area (Å²) in [6, 6.07) is 12.4. The molecule has 6 heteroatoms. The van der Waals surface area contributed by atoms with Crippen molar-refractivity contribution >= 4 is 28.5 Å². The van der Waals surface area contributed by atoms with Crippen molar-refractivity contribution in [3.8, 4) is 11.5 Å². The third kappa shape index (κ3) is 3.31. The fraction of sp³-hybridized carbons (Fsp3) is 0.167. The fourth-order valence-electron chi connectivity index (χ4n) is 2.39. The van der Waals surface area contributed by atoms with Gasteiger partial charge in [-0.05, 0) is 42.0 Å². The zero-order valence-electron chi connectivity index (χ0n) is 13.3. The Hall–Kier alpha value is -2.66. The number of halogens is 1. The van der Waals surface area contributed by atoms with Crippen LogP contribution in [0, 0.1) is 0 Å². The Balaban J connectivity index is 1.72. The third-order valence-corrected chi connectivity index (χ3v) is 3.84. The molecule has 0 saturated carbocycles. The predicted molar refractivity (Wildman–Crippen MR) is 91.9 cm³/mol. The number of hydrogen-bond acceptors (Lipinski definition) is 4. The number of methoxy groups -OCH3 is 2. The molecule has 0 radical (unpaired) electrons. The van der Waals surface area contributed by atoms with Crippen LogP contribution >= 0.6 is 11.6 Å². The summed E-state index contributed by atoms with van der Waals surface area (Å²) in [6.45, 7) is 0.344. The zero-order chi connectivity index (χ0) is 17.1. The smallest absolute Gasteiger partial charge is 0.287 e. The summed E-state index contributed by atoms with van der Waals surface area (Å²) >= 11 is 5.94. The van der Waals surface area contributed by atoms with Crippen LogP contribution in [0.4, 0.5) is 0 Å². The normalized spacial score (nSPS) is 10.6. The number of carbonyl (C=O) groups excluding carboxylic acids is 1. The predicted octanol–water partition coefficient (Wildman–Crippen LogP) is 4.03. The van der Waals surface area contributed by atoms with Crippen molar-refractivity contribution in [2.24, 2.45) is 0 Å². The summed E-state index contributed by atoms with van der Waals surface area (Å²) < 4.78 is 16.0. The molecule has 5 nitrogen and oxygen atoms in total. The maximum Gasteiger partial charge on any atom is 0.287 e. The maximum absolute atomic E-state index is 12.3. The second kappa shape index (κ2) is 6.84. The second-order valence-electron chi connectivity index (χ2n) is 5.16. The van der Waals surface area contributed by atoms with E-state index in [2.05, 4.69) is 5.32 Å². The molecule has 1 aromatic heterocycles. The lowest BCUT2D eigenvalue weighted by Crippen LogP contribution is -2.22. The number of amides is 1. The number of hydrogen-bond donors (Lipinski definition) is 1. The number of benzene rings is 2. The van der Waals surface area contributed by atoms with E-state index in [0.29, 0.717) is 28.6 Å². The Morgan fingerprint density at radius 1 is 1.08 bits per heavy atom. The van der Waals surface area contributed by atoms with Crippen molar-refractivity contribution in [2.45, 2.75) is 6.54 Å². The van der Waals surface area contributed by atoms with Crippen molar-refractivity contribution in [3.63, 3.8) is 0 Å². The largest absolute Gasteiger partial charge is 0.493 e. The van der Waals surface area contributed by atoms with E-state index in [1.54, 1.807) is 44.6 Å². The number of rotatable bonds is 5. The number of ether oxygens (including phenoxy) is 2. The molecule has 0 aliphatic heterocycles. The first-order chi connectivity index (χ1) is 11.6. The minimum absolute atomic E-state index is 0.243. The topological polar surface area (TPSA) is 60.7 Å². The van der Waals surface area contributed by atoms with E-state index in [1.807, 2.05) is 12.1 Å². The van der Waals surface area contributed by atoms with Gasteiger partial charge in [-0.2, -0.15) is 0 Å². The molecule has 0 atom stereocenters. The van der Waals surface area contributed by atoms with Crippen molar-refractivity contribution in [1.82, 2.24) is 5.32 Å². The number of carbonyl (C=O) groups is 1. The van der Waals surface area contributed by atoms with Gasteiger partial charge < -0.3 is 19.2 Å². The summed E-state index contributed by atoms with van der Waals surface area (Å²) in [7, 11) is 3.15. The summed E-state index contributed by atoms with van der Waals surface area (Å²) in [4.78, 5) is 12.3. The highest BCUT2D eigenvalue weighted by molar-refractivity contribution is 6.31. The minimum Gasteiger partial charge on any atom is -0.493 e. The molecule has 0 spiro atoms. The van der Waals surface area contributed by atoms with Gasteiger partial charge in [-0.25, -0.2) is 0 Å². The zero-order valence-corrected chi connectivity index (χ0v) is 14.0. The van der Waals surface area contributed by atoms with Crippen molar-refractivity contribution in [3.05, 3.63) is 58.8 Å². The van der Waals surface area contributed by atoms with E-state index in [-0.39, 0.29) is 11.7 Å². The average Bonchev–Trinajstić information content (AvgIpc) is 3.02. The lowest BCUT2D eigenvalue weighted by molar-refractivity contribution is 0.0925. The van der Waals surface area contributed by atoms with Crippen LogP contribution < -0.4 is 14.8 Å². The Kier molecular flexibility index (Phi) is 4.62. The van der Waals surface area contributed by atoms with Gasteiger partial charge in [0.1, 0.15) is 5.58 Å². The van der Waals surface area contributed by atoms with Crippen LogP contribution in [0.5, 0.6) is 11.5 Å². The van der Waals surface area contributed by atoms with E-state index >= 15 is 0 Å². The van der Waals surface area contributed by atoms with Crippen LogP contribution in [0.1, 0.15) is 16.1 Å². The molecule has 0 fully saturated rings. The van der Waals surface area contributed by atoms with E-state index in [9.17, 15) is 4.79 Å². The lowest BCUT2D eigenvalue weighted by atomic mass is 10.2. The highest BCUT2D eigenvalue weighted by Crippen LogP contribution is 2.27. The summed E-state index contributed by atoms with van der Waals surface area (Å²) in [6.07, 6.45) is 0. The SMILES string of the molecule is COc1ccc(CNC(=O)c2cc3cc(Cl)ccc3o2)cc1OC. The van der Waals surface area contributed by atoms with Gasteiger partial charge in [-0.15, -0.1) is 0 Å². The molecule has 0 bridgehead atoms. The van der Waals surface area contributed by atoms with Gasteiger partial charge in [0.05, 0.1) is 14.2 Å². The summed E-state index contributed by atoms with van der Waals surface area (Å²) in [5.41, 5.74) is 1.51. The molecule has 24 heavy (non-hydrogen) atoms. The second-order valence-corrected chi connectivity index (χ2v) is 5.60. The van der Waals surface area contributed by atoms with Crippen LogP contribution in [0.15, 0.2) is 46.9 Å². The molecule has 124 valence electrons. The van der Waals surface area contributed by atoms with Gasteiger partial charge in [0, 0.05) is 17.0 Å². The van der Waals surface area contributed by atoms with Gasteiger partial charge >= 0.3 is 0 Å². The van der Waals surface area contributed by atoms with Gasteiger partial charge in [-0.1, -0.05) is 17.7 Å². The molecule has 3 aromatic rings. The third-order valence-electron chi connectivity index (χ3n) is 3.60. The van der Waals surface area contributed by atoms with Gasteiger partial charge in [0.15, 0.2) is 17.3 Å². The molecule has 0 aliphatic carbocycles.